The van der Waals surface area contributed by atoms with E-state index in [1.54, 1.807) is 18.2 Å². The molecule has 1 amide bonds. The Bertz CT molecular complexity index is 1270. The van der Waals surface area contributed by atoms with Gasteiger partial charge < -0.3 is 10.1 Å². The first kappa shape index (κ1) is 20.2. The Labute approximate surface area is 179 Å². The molecule has 1 N–H and O–H groups in total. The van der Waals surface area contributed by atoms with Crippen molar-refractivity contribution in [3.05, 3.63) is 89.7 Å². The van der Waals surface area contributed by atoms with Crippen LogP contribution in [0, 0.1) is 13.8 Å². The second kappa shape index (κ2) is 8.75. The van der Waals surface area contributed by atoms with Gasteiger partial charge in [-0.05, 0) is 43.7 Å². The first-order valence-electron chi connectivity index (χ1n) is 9.88. The van der Waals surface area contributed by atoms with Crippen LogP contribution in [0.5, 0.6) is 0 Å². The summed E-state index contributed by atoms with van der Waals surface area (Å²) in [6, 6.07) is 22.2. The summed E-state index contributed by atoms with van der Waals surface area (Å²) >= 11 is 0. The number of anilines is 1. The van der Waals surface area contributed by atoms with E-state index in [-0.39, 0.29) is 0 Å². The number of ether oxygens (including phenoxy) is 1. The number of nitrogens with zero attached hydrogens (tertiary/aromatic N) is 2. The number of aryl methyl sites for hydroxylation is 2. The van der Waals surface area contributed by atoms with Crippen LogP contribution in [0.3, 0.4) is 0 Å². The van der Waals surface area contributed by atoms with E-state index in [0.717, 1.165) is 22.5 Å². The number of fused-ring (bicyclic) bond motifs is 1. The van der Waals surface area contributed by atoms with E-state index in [9.17, 15) is 9.59 Å². The van der Waals surface area contributed by atoms with Crippen molar-refractivity contribution in [2.75, 3.05) is 11.9 Å². The van der Waals surface area contributed by atoms with Crippen LogP contribution in [0.25, 0.3) is 22.2 Å². The van der Waals surface area contributed by atoms with Crippen LogP contribution in [-0.2, 0) is 9.53 Å². The lowest BCUT2D eigenvalue weighted by atomic mass is 10.0. The molecule has 0 saturated heterocycles. The smallest absolute Gasteiger partial charge is 0.338 e. The highest BCUT2D eigenvalue weighted by Crippen LogP contribution is 2.27. The maximum absolute atomic E-state index is 12.4. The number of nitrogens with one attached hydrogen (secondary N) is 1. The monoisotopic (exact) mass is 411 g/mol. The maximum Gasteiger partial charge on any atom is 0.338 e. The van der Waals surface area contributed by atoms with E-state index in [1.807, 2.05) is 68.4 Å². The highest BCUT2D eigenvalue weighted by atomic mass is 16.5. The predicted octanol–water partition coefficient (Wildman–Crippen LogP) is 4.71. The minimum Gasteiger partial charge on any atom is -0.452 e. The standard InChI is InChI=1S/C25H21N3O3/c1-16-17(2)27-23-14-19(12-13-22(23)26-16)25(30)31-15-24(29)28-21-11-7-6-10-20(21)18-8-4-3-5-9-18/h3-14H,15H2,1-2H3,(H,28,29). The van der Waals surface area contributed by atoms with Gasteiger partial charge >= 0.3 is 5.97 Å². The third kappa shape index (κ3) is 4.59. The third-order valence-electron chi connectivity index (χ3n) is 4.93. The largest absolute Gasteiger partial charge is 0.452 e. The topological polar surface area (TPSA) is 81.2 Å². The van der Waals surface area contributed by atoms with Crippen LogP contribution < -0.4 is 5.32 Å². The fraction of sp³-hybridized carbons (Fsp3) is 0.120. The SMILES string of the molecule is Cc1nc2ccc(C(=O)OCC(=O)Nc3ccccc3-c3ccccc3)cc2nc1C. The van der Waals surface area contributed by atoms with Crippen LogP contribution in [0.4, 0.5) is 5.69 Å². The van der Waals surface area contributed by atoms with Crippen molar-refractivity contribution in [2.45, 2.75) is 13.8 Å². The zero-order valence-electron chi connectivity index (χ0n) is 17.3. The fourth-order valence-electron chi connectivity index (χ4n) is 3.22. The summed E-state index contributed by atoms with van der Waals surface area (Å²) in [6.07, 6.45) is 0. The summed E-state index contributed by atoms with van der Waals surface area (Å²) in [5, 5.41) is 2.82. The molecule has 31 heavy (non-hydrogen) atoms. The number of aromatic nitrogens is 2. The van der Waals surface area contributed by atoms with Crippen LogP contribution >= 0.6 is 0 Å². The summed E-state index contributed by atoms with van der Waals surface area (Å²) in [5.41, 5.74) is 5.81. The van der Waals surface area contributed by atoms with Gasteiger partial charge in [0.1, 0.15) is 0 Å². The molecule has 4 aromatic rings. The molecular weight excluding hydrogens is 390 g/mol. The van der Waals surface area contributed by atoms with Gasteiger partial charge in [0.25, 0.3) is 5.91 Å². The first-order valence-corrected chi connectivity index (χ1v) is 9.88. The van der Waals surface area contributed by atoms with Gasteiger partial charge in [0.15, 0.2) is 6.61 Å². The van der Waals surface area contributed by atoms with Crippen LogP contribution in [0.2, 0.25) is 0 Å². The van der Waals surface area contributed by atoms with E-state index in [1.165, 1.54) is 0 Å². The molecule has 4 rings (SSSR count). The van der Waals surface area contributed by atoms with E-state index in [0.29, 0.717) is 22.3 Å². The Hall–Kier alpha value is -4.06. The van der Waals surface area contributed by atoms with Gasteiger partial charge in [0.05, 0.1) is 28.0 Å². The number of carbonyl (C=O) groups excluding carboxylic acids is 2. The third-order valence-corrected chi connectivity index (χ3v) is 4.93. The number of carbonyl (C=O) groups is 2. The first-order chi connectivity index (χ1) is 15.0. The fourth-order valence-corrected chi connectivity index (χ4v) is 3.22. The van der Waals surface area contributed by atoms with Crippen LogP contribution in [-0.4, -0.2) is 28.5 Å². The van der Waals surface area contributed by atoms with Crippen LogP contribution in [0.15, 0.2) is 72.8 Å². The van der Waals surface area contributed by atoms with Crippen molar-refractivity contribution in [3.63, 3.8) is 0 Å². The number of benzene rings is 3. The second-order valence-electron chi connectivity index (χ2n) is 7.13. The number of amides is 1. The quantitative estimate of drug-likeness (QED) is 0.481. The van der Waals surface area contributed by atoms with E-state index < -0.39 is 18.5 Å². The Morgan fingerprint density at radius 3 is 2.29 bits per heavy atom. The number of rotatable bonds is 5. The Morgan fingerprint density at radius 1 is 0.839 bits per heavy atom. The van der Waals surface area contributed by atoms with Crippen molar-refractivity contribution in [1.82, 2.24) is 9.97 Å². The van der Waals surface area contributed by atoms with Gasteiger partial charge in [-0.3, -0.25) is 4.79 Å². The van der Waals surface area contributed by atoms with Gasteiger partial charge in [0, 0.05) is 11.3 Å². The molecular formula is C25H21N3O3. The molecule has 6 heteroatoms. The molecule has 3 aromatic carbocycles. The molecule has 154 valence electrons. The van der Waals surface area contributed by atoms with Gasteiger partial charge in [0.2, 0.25) is 0 Å². The molecule has 0 unspecified atom stereocenters. The van der Waals surface area contributed by atoms with Crippen molar-refractivity contribution < 1.29 is 14.3 Å². The van der Waals surface area contributed by atoms with Crippen molar-refractivity contribution in [3.8, 4) is 11.1 Å². The molecule has 0 aliphatic heterocycles. The summed E-state index contributed by atoms with van der Waals surface area (Å²) in [4.78, 5) is 33.8. The lowest BCUT2D eigenvalue weighted by Crippen LogP contribution is -2.21. The molecule has 0 atom stereocenters. The van der Waals surface area contributed by atoms with Crippen molar-refractivity contribution in [1.29, 1.82) is 0 Å². The molecule has 6 nitrogen and oxygen atoms in total. The van der Waals surface area contributed by atoms with Gasteiger partial charge in [-0.1, -0.05) is 48.5 Å². The summed E-state index contributed by atoms with van der Waals surface area (Å²) in [7, 11) is 0. The van der Waals surface area contributed by atoms with E-state index in [4.69, 9.17) is 4.74 Å². The average Bonchev–Trinajstić information content (AvgIpc) is 2.79. The number of hydrogen-bond acceptors (Lipinski definition) is 5. The zero-order valence-corrected chi connectivity index (χ0v) is 17.3. The lowest BCUT2D eigenvalue weighted by molar-refractivity contribution is -0.119. The maximum atomic E-state index is 12.4. The molecule has 1 aromatic heterocycles. The Balaban J connectivity index is 1.43. The molecule has 0 bridgehead atoms. The number of para-hydroxylation sites is 1. The molecule has 0 fully saturated rings. The molecule has 0 saturated carbocycles. The number of hydrogen-bond donors (Lipinski definition) is 1. The van der Waals surface area contributed by atoms with Gasteiger partial charge in [-0.2, -0.15) is 0 Å². The van der Waals surface area contributed by atoms with Gasteiger partial charge in [-0.25, -0.2) is 14.8 Å². The minimum absolute atomic E-state index is 0.322. The molecule has 0 spiro atoms. The Morgan fingerprint density at radius 2 is 1.52 bits per heavy atom. The van der Waals surface area contributed by atoms with E-state index in [2.05, 4.69) is 15.3 Å². The average molecular weight is 411 g/mol. The molecule has 0 aliphatic carbocycles. The van der Waals surface area contributed by atoms with Gasteiger partial charge in [-0.15, -0.1) is 0 Å². The number of esters is 1. The van der Waals surface area contributed by atoms with Crippen LogP contribution in [0.1, 0.15) is 21.7 Å². The lowest BCUT2D eigenvalue weighted by Gasteiger charge is -2.11. The highest BCUT2D eigenvalue weighted by Gasteiger charge is 2.14. The zero-order chi connectivity index (χ0) is 21.8. The minimum atomic E-state index is -0.589. The molecule has 0 aliphatic rings. The summed E-state index contributed by atoms with van der Waals surface area (Å²) < 4.78 is 5.21. The molecule has 1 heterocycles. The van der Waals surface area contributed by atoms with Crippen molar-refractivity contribution in [2.24, 2.45) is 0 Å². The van der Waals surface area contributed by atoms with E-state index >= 15 is 0 Å². The Kier molecular flexibility index (Phi) is 5.71. The summed E-state index contributed by atoms with van der Waals surface area (Å²) in [6.45, 7) is 3.36. The second-order valence-corrected chi connectivity index (χ2v) is 7.13. The molecule has 0 radical (unpaired) electrons. The van der Waals surface area contributed by atoms with Crippen molar-refractivity contribution >= 4 is 28.6 Å². The normalized spacial score (nSPS) is 10.6. The highest BCUT2D eigenvalue weighted by molar-refractivity contribution is 5.99. The predicted molar refractivity (Wildman–Crippen MR) is 120 cm³/mol. The summed E-state index contributed by atoms with van der Waals surface area (Å²) in [5.74, 6) is -1.00.